The summed E-state index contributed by atoms with van der Waals surface area (Å²) in [6.07, 6.45) is 1.44. The molecule has 0 aliphatic carbocycles. The van der Waals surface area contributed by atoms with Gasteiger partial charge in [-0.3, -0.25) is 0 Å². The van der Waals surface area contributed by atoms with Gasteiger partial charge in [-0.1, -0.05) is 15.9 Å². The molecule has 0 saturated heterocycles. The van der Waals surface area contributed by atoms with E-state index in [0.29, 0.717) is 11.3 Å². The van der Waals surface area contributed by atoms with Crippen molar-refractivity contribution in [1.82, 2.24) is 9.97 Å². The Morgan fingerprint density at radius 1 is 1.36 bits per heavy atom. The summed E-state index contributed by atoms with van der Waals surface area (Å²) in [5, 5.41) is 0. The van der Waals surface area contributed by atoms with Crippen molar-refractivity contribution in [3.8, 4) is 11.3 Å². The van der Waals surface area contributed by atoms with Gasteiger partial charge in [0.05, 0.1) is 5.69 Å². The minimum Gasteiger partial charge on any atom is -0.312 e. The molecule has 0 spiro atoms. The molecule has 0 bridgehead atoms. The maximum atomic E-state index is 13.3. The van der Waals surface area contributed by atoms with Crippen molar-refractivity contribution >= 4 is 15.9 Å². The Hall–Kier alpha value is -1.36. The molecule has 3 nitrogen and oxygen atoms in total. The van der Waals surface area contributed by atoms with Crippen LogP contribution >= 0.6 is 15.9 Å². The van der Waals surface area contributed by atoms with E-state index in [9.17, 15) is 9.18 Å². The van der Waals surface area contributed by atoms with Gasteiger partial charge in [-0.15, -0.1) is 0 Å². The highest BCUT2D eigenvalue weighted by molar-refractivity contribution is 9.10. The average molecular weight is 257 g/mol. The topological polar surface area (TPSA) is 48.6 Å². The Balaban J connectivity index is 2.61. The van der Waals surface area contributed by atoms with E-state index in [0.717, 1.165) is 4.47 Å². The van der Waals surface area contributed by atoms with Gasteiger partial charge in [0.1, 0.15) is 5.82 Å². The first-order valence-electron chi connectivity index (χ1n) is 3.90. The average Bonchev–Trinajstić information content (AvgIpc) is 2.56. The van der Waals surface area contributed by atoms with E-state index >= 15 is 0 Å². The van der Waals surface area contributed by atoms with Gasteiger partial charge in [0.15, 0.2) is 0 Å². The van der Waals surface area contributed by atoms with Gasteiger partial charge >= 0.3 is 5.69 Å². The van der Waals surface area contributed by atoms with Crippen molar-refractivity contribution in [3.05, 3.63) is 45.2 Å². The third kappa shape index (κ3) is 1.63. The first-order valence-corrected chi connectivity index (χ1v) is 4.69. The zero-order chi connectivity index (χ0) is 10.1. The molecule has 2 rings (SSSR count). The van der Waals surface area contributed by atoms with Crippen LogP contribution in [0.1, 0.15) is 0 Å². The van der Waals surface area contributed by atoms with Crippen molar-refractivity contribution in [2.75, 3.05) is 0 Å². The lowest BCUT2D eigenvalue weighted by Gasteiger charge is -1.99. The highest BCUT2D eigenvalue weighted by Crippen LogP contribution is 2.23. The van der Waals surface area contributed by atoms with Crippen molar-refractivity contribution in [2.45, 2.75) is 0 Å². The number of rotatable bonds is 1. The summed E-state index contributed by atoms with van der Waals surface area (Å²) in [6.45, 7) is 0. The zero-order valence-electron chi connectivity index (χ0n) is 6.97. The summed E-state index contributed by atoms with van der Waals surface area (Å²) in [5.41, 5.74) is 0.450. The van der Waals surface area contributed by atoms with Gasteiger partial charge in [0.2, 0.25) is 0 Å². The number of aromatic nitrogens is 2. The lowest BCUT2D eigenvalue weighted by Crippen LogP contribution is -2.00. The molecule has 0 saturated carbocycles. The van der Waals surface area contributed by atoms with Gasteiger partial charge in [-0.25, -0.2) is 9.18 Å². The first kappa shape index (κ1) is 9.21. The van der Waals surface area contributed by atoms with E-state index in [-0.39, 0.29) is 11.5 Å². The maximum Gasteiger partial charge on any atom is 0.323 e. The summed E-state index contributed by atoms with van der Waals surface area (Å²) in [6, 6.07) is 4.54. The molecule has 2 N–H and O–H groups in total. The lowest BCUT2D eigenvalue weighted by atomic mass is 10.1. The second-order valence-electron chi connectivity index (χ2n) is 2.78. The molecule has 1 aromatic heterocycles. The predicted octanol–water partition coefficient (Wildman–Crippen LogP) is 2.27. The third-order valence-electron chi connectivity index (χ3n) is 1.81. The summed E-state index contributed by atoms with van der Waals surface area (Å²) >= 11 is 3.23. The van der Waals surface area contributed by atoms with Crippen LogP contribution in [-0.4, -0.2) is 9.97 Å². The zero-order valence-corrected chi connectivity index (χ0v) is 8.56. The van der Waals surface area contributed by atoms with Crippen LogP contribution < -0.4 is 5.69 Å². The van der Waals surface area contributed by atoms with Crippen molar-refractivity contribution in [3.63, 3.8) is 0 Å². The SMILES string of the molecule is O=c1[nH]cc(-c2cc(Br)ccc2F)[nH]1. The van der Waals surface area contributed by atoms with Crippen LogP contribution in [0.5, 0.6) is 0 Å². The summed E-state index contributed by atoms with van der Waals surface area (Å²) < 4.78 is 14.1. The molecule has 0 atom stereocenters. The fraction of sp³-hybridized carbons (Fsp3) is 0. The molecule has 2 aromatic rings. The summed E-state index contributed by atoms with van der Waals surface area (Å²) in [5.74, 6) is -0.372. The minimum absolute atomic E-state index is 0.348. The molecule has 0 aliphatic heterocycles. The van der Waals surface area contributed by atoms with Crippen LogP contribution in [0.25, 0.3) is 11.3 Å². The third-order valence-corrected chi connectivity index (χ3v) is 2.31. The number of aromatic amines is 2. The molecule has 0 amide bonds. The van der Waals surface area contributed by atoms with E-state index in [4.69, 9.17) is 0 Å². The number of hydrogen-bond donors (Lipinski definition) is 2. The van der Waals surface area contributed by atoms with Crippen molar-refractivity contribution in [2.24, 2.45) is 0 Å². The Morgan fingerprint density at radius 3 is 2.79 bits per heavy atom. The Labute approximate surface area is 87.1 Å². The lowest BCUT2D eigenvalue weighted by molar-refractivity contribution is 0.630. The smallest absolute Gasteiger partial charge is 0.312 e. The summed E-state index contributed by atoms with van der Waals surface area (Å²) in [4.78, 5) is 15.7. The minimum atomic E-state index is -0.372. The van der Waals surface area contributed by atoms with Crippen molar-refractivity contribution in [1.29, 1.82) is 0 Å². The monoisotopic (exact) mass is 256 g/mol. The van der Waals surface area contributed by atoms with E-state index in [2.05, 4.69) is 25.9 Å². The quantitative estimate of drug-likeness (QED) is 0.808. The Bertz CT molecular complexity index is 518. The summed E-state index contributed by atoms with van der Waals surface area (Å²) in [7, 11) is 0. The van der Waals surface area contributed by atoms with Gasteiger partial charge in [0, 0.05) is 16.2 Å². The maximum absolute atomic E-state index is 13.3. The number of hydrogen-bond acceptors (Lipinski definition) is 1. The Morgan fingerprint density at radius 2 is 2.14 bits per heavy atom. The number of imidazole rings is 1. The van der Waals surface area contributed by atoms with E-state index in [1.54, 1.807) is 12.1 Å². The van der Waals surface area contributed by atoms with Crippen LogP contribution in [0, 0.1) is 5.82 Å². The van der Waals surface area contributed by atoms with Crippen molar-refractivity contribution < 1.29 is 4.39 Å². The second kappa shape index (κ2) is 3.42. The standard InChI is InChI=1S/C9H6BrFN2O/c10-5-1-2-7(11)6(3-5)8-4-12-9(14)13-8/h1-4H,(H2,12,13,14). The molecule has 5 heteroatoms. The first-order chi connectivity index (χ1) is 6.66. The predicted molar refractivity (Wildman–Crippen MR) is 54.5 cm³/mol. The Kier molecular flexibility index (Phi) is 2.25. The van der Waals surface area contributed by atoms with Crippen LogP contribution in [0.4, 0.5) is 4.39 Å². The van der Waals surface area contributed by atoms with Gasteiger partial charge < -0.3 is 9.97 Å². The number of benzene rings is 1. The van der Waals surface area contributed by atoms with Crippen LogP contribution in [-0.2, 0) is 0 Å². The van der Waals surface area contributed by atoms with E-state index < -0.39 is 0 Å². The van der Waals surface area contributed by atoms with E-state index in [1.807, 2.05) is 0 Å². The fourth-order valence-corrected chi connectivity index (χ4v) is 1.54. The molecule has 1 aromatic carbocycles. The molecule has 72 valence electrons. The fourth-order valence-electron chi connectivity index (χ4n) is 1.18. The van der Waals surface area contributed by atoms with Crippen LogP contribution in [0.15, 0.2) is 33.7 Å². The second-order valence-corrected chi connectivity index (χ2v) is 3.70. The van der Waals surface area contributed by atoms with Gasteiger partial charge in [-0.05, 0) is 18.2 Å². The highest BCUT2D eigenvalue weighted by atomic mass is 79.9. The largest absolute Gasteiger partial charge is 0.323 e. The molecule has 0 radical (unpaired) electrons. The normalized spacial score (nSPS) is 10.4. The molecule has 14 heavy (non-hydrogen) atoms. The van der Waals surface area contributed by atoms with Gasteiger partial charge in [-0.2, -0.15) is 0 Å². The van der Waals surface area contributed by atoms with Crippen LogP contribution in [0.3, 0.4) is 0 Å². The number of nitrogens with one attached hydrogen (secondary N) is 2. The molecule has 0 aliphatic rings. The van der Waals surface area contributed by atoms with E-state index in [1.165, 1.54) is 12.3 Å². The van der Waals surface area contributed by atoms with Gasteiger partial charge in [0.25, 0.3) is 0 Å². The molecule has 0 unspecified atom stereocenters. The molecule has 1 heterocycles. The molecular formula is C9H6BrFN2O. The highest BCUT2D eigenvalue weighted by Gasteiger charge is 2.06. The number of halogens is 2. The number of H-pyrrole nitrogens is 2. The van der Waals surface area contributed by atoms with Crippen LogP contribution in [0.2, 0.25) is 0 Å². The molecular weight excluding hydrogens is 251 g/mol. The molecule has 0 fully saturated rings.